The first-order valence-corrected chi connectivity index (χ1v) is 7.52. The summed E-state index contributed by atoms with van der Waals surface area (Å²) >= 11 is 12.1. The minimum absolute atomic E-state index is 0.176. The number of nitrogens with two attached hydrogens (primary N) is 1. The van der Waals surface area contributed by atoms with Crippen molar-refractivity contribution in [2.75, 3.05) is 5.73 Å². The van der Waals surface area contributed by atoms with Crippen LogP contribution in [0.15, 0.2) is 36.4 Å². The third-order valence-electron chi connectivity index (χ3n) is 3.16. The molecule has 110 valence electrons. The van der Waals surface area contributed by atoms with Crippen LogP contribution in [0.5, 0.6) is 0 Å². The highest BCUT2D eigenvalue weighted by molar-refractivity contribution is 6.44. The molecule has 2 aromatic rings. The van der Waals surface area contributed by atoms with Crippen LogP contribution in [0, 0.1) is 5.92 Å². The molecule has 0 aliphatic rings. The van der Waals surface area contributed by atoms with Crippen molar-refractivity contribution in [3.63, 3.8) is 0 Å². The molecule has 0 spiro atoms. The molecule has 2 rings (SSSR count). The summed E-state index contributed by atoms with van der Waals surface area (Å²) in [5.74, 6) is 0.402. The molecule has 0 bridgehead atoms. The van der Waals surface area contributed by atoms with Gasteiger partial charge in [0.05, 0.1) is 10.0 Å². The van der Waals surface area contributed by atoms with Crippen molar-refractivity contribution in [2.24, 2.45) is 5.92 Å². The normalized spacial score (nSPS) is 10.9. The van der Waals surface area contributed by atoms with Gasteiger partial charge in [0.25, 0.3) is 0 Å². The van der Waals surface area contributed by atoms with Crippen LogP contribution in [0.1, 0.15) is 35.3 Å². The fourth-order valence-corrected chi connectivity index (χ4v) is 2.62. The SMILES string of the molecule is CC(C)Cc1ccc(C(=O)c2cc(N)cc(Cl)c2Cl)cc1. The predicted octanol–water partition coefficient (Wildman–Crippen LogP) is 5.01. The number of rotatable bonds is 4. The number of carbonyl (C=O) groups excluding carboxylic acids is 1. The fourth-order valence-electron chi connectivity index (χ4n) is 2.19. The van der Waals surface area contributed by atoms with E-state index in [1.807, 2.05) is 24.3 Å². The lowest BCUT2D eigenvalue weighted by Crippen LogP contribution is -2.04. The summed E-state index contributed by atoms with van der Waals surface area (Å²) in [5.41, 5.74) is 8.26. The number of benzene rings is 2. The zero-order valence-electron chi connectivity index (χ0n) is 12.0. The maximum Gasteiger partial charge on any atom is 0.194 e. The maximum absolute atomic E-state index is 12.5. The molecule has 0 aliphatic heterocycles. The van der Waals surface area contributed by atoms with E-state index in [1.165, 1.54) is 11.6 Å². The quantitative estimate of drug-likeness (QED) is 0.635. The van der Waals surface area contributed by atoms with Crippen molar-refractivity contribution >= 4 is 34.7 Å². The molecule has 2 nitrogen and oxygen atoms in total. The first-order valence-electron chi connectivity index (χ1n) is 6.76. The first-order chi connectivity index (χ1) is 9.88. The Morgan fingerprint density at radius 1 is 1.14 bits per heavy atom. The van der Waals surface area contributed by atoms with E-state index < -0.39 is 0 Å². The number of carbonyl (C=O) groups is 1. The van der Waals surface area contributed by atoms with Crippen LogP contribution in [0.3, 0.4) is 0 Å². The van der Waals surface area contributed by atoms with Gasteiger partial charge in [-0.15, -0.1) is 0 Å². The summed E-state index contributed by atoms with van der Waals surface area (Å²) in [6.45, 7) is 4.32. The smallest absolute Gasteiger partial charge is 0.194 e. The summed E-state index contributed by atoms with van der Waals surface area (Å²) in [6, 6.07) is 10.6. The minimum atomic E-state index is -0.176. The Labute approximate surface area is 134 Å². The van der Waals surface area contributed by atoms with Crippen LogP contribution in [0.25, 0.3) is 0 Å². The van der Waals surface area contributed by atoms with Gasteiger partial charge in [-0.1, -0.05) is 61.3 Å². The van der Waals surface area contributed by atoms with Crippen LogP contribution < -0.4 is 5.73 Å². The number of hydrogen-bond donors (Lipinski definition) is 1. The lowest BCUT2D eigenvalue weighted by Gasteiger charge is -2.09. The number of ketones is 1. The highest BCUT2D eigenvalue weighted by Crippen LogP contribution is 2.30. The van der Waals surface area contributed by atoms with Crippen molar-refractivity contribution in [1.82, 2.24) is 0 Å². The van der Waals surface area contributed by atoms with Gasteiger partial charge in [0.15, 0.2) is 5.78 Å². The summed E-state index contributed by atoms with van der Waals surface area (Å²) in [7, 11) is 0. The second kappa shape index (κ2) is 6.50. The Morgan fingerprint density at radius 2 is 1.76 bits per heavy atom. The number of halogens is 2. The molecule has 0 saturated heterocycles. The van der Waals surface area contributed by atoms with Gasteiger partial charge in [-0.2, -0.15) is 0 Å². The Hall–Kier alpha value is -1.51. The lowest BCUT2D eigenvalue weighted by atomic mass is 9.98. The molecular formula is C17H17Cl2NO. The summed E-state index contributed by atoms with van der Waals surface area (Å²) in [5, 5.41) is 0.526. The van der Waals surface area contributed by atoms with Gasteiger partial charge in [0.1, 0.15) is 0 Å². The third-order valence-corrected chi connectivity index (χ3v) is 3.96. The van der Waals surface area contributed by atoms with Gasteiger partial charge in [0, 0.05) is 16.8 Å². The molecule has 0 radical (unpaired) electrons. The molecule has 2 aromatic carbocycles. The Bertz CT molecular complexity index is 663. The van der Waals surface area contributed by atoms with Crippen LogP contribution in [0.4, 0.5) is 5.69 Å². The van der Waals surface area contributed by atoms with E-state index >= 15 is 0 Å². The van der Waals surface area contributed by atoms with Crippen molar-refractivity contribution in [3.8, 4) is 0 Å². The Morgan fingerprint density at radius 3 is 2.33 bits per heavy atom. The van der Waals surface area contributed by atoms with Gasteiger partial charge >= 0.3 is 0 Å². The van der Waals surface area contributed by atoms with E-state index in [0.717, 1.165) is 6.42 Å². The predicted molar refractivity (Wildman–Crippen MR) is 89.3 cm³/mol. The molecule has 0 amide bonds. The molecule has 0 aromatic heterocycles. The van der Waals surface area contributed by atoms with E-state index in [4.69, 9.17) is 28.9 Å². The van der Waals surface area contributed by atoms with Gasteiger partial charge in [0.2, 0.25) is 0 Å². The summed E-state index contributed by atoms with van der Waals surface area (Å²) in [6.07, 6.45) is 0.985. The van der Waals surface area contributed by atoms with E-state index in [9.17, 15) is 4.79 Å². The van der Waals surface area contributed by atoms with Crippen molar-refractivity contribution in [1.29, 1.82) is 0 Å². The third kappa shape index (κ3) is 3.78. The highest BCUT2D eigenvalue weighted by atomic mass is 35.5. The number of hydrogen-bond acceptors (Lipinski definition) is 2. The highest BCUT2D eigenvalue weighted by Gasteiger charge is 2.16. The molecule has 0 saturated carbocycles. The van der Waals surface area contributed by atoms with E-state index in [-0.39, 0.29) is 15.8 Å². The second-order valence-corrected chi connectivity index (χ2v) is 6.27. The average Bonchev–Trinajstić information content (AvgIpc) is 2.42. The molecule has 0 fully saturated rings. The zero-order chi connectivity index (χ0) is 15.6. The molecule has 0 heterocycles. The van der Waals surface area contributed by atoms with Gasteiger partial charge in [-0.3, -0.25) is 4.79 Å². The largest absolute Gasteiger partial charge is 0.399 e. The van der Waals surface area contributed by atoms with Gasteiger partial charge in [-0.25, -0.2) is 0 Å². The Balaban J connectivity index is 2.32. The van der Waals surface area contributed by atoms with Crippen LogP contribution in [-0.4, -0.2) is 5.78 Å². The van der Waals surface area contributed by atoms with Crippen LogP contribution >= 0.6 is 23.2 Å². The van der Waals surface area contributed by atoms with Gasteiger partial charge in [-0.05, 0) is 30.0 Å². The van der Waals surface area contributed by atoms with Crippen molar-refractivity contribution in [3.05, 3.63) is 63.1 Å². The van der Waals surface area contributed by atoms with Crippen LogP contribution in [0.2, 0.25) is 10.0 Å². The van der Waals surface area contributed by atoms with Gasteiger partial charge < -0.3 is 5.73 Å². The molecule has 4 heteroatoms. The molecule has 0 atom stereocenters. The van der Waals surface area contributed by atoms with Crippen molar-refractivity contribution in [2.45, 2.75) is 20.3 Å². The first kappa shape index (κ1) is 15.9. The monoisotopic (exact) mass is 321 g/mol. The van der Waals surface area contributed by atoms with E-state index in [2.05, 4.69) is 13.8 Å². The average molecular weight is 322 g/mol. The van der Waals surface area contributed by atoms with Crippen molar-refractivity contribution < 1.29 is 4.79 Å². The van der Waals surface area contributed by atoms with Crippen LogP contribution in [-0.2, 0) is 6.42 Å². The fraction of sp³-hybridized carbons (Fsp3) is 0.235. The summed E-state index contributed by atoms with van der Waals surface area (Å²) in [4.78, 5) is 12.5. The topological polar surface area (TPSA) is 43.1 Å². The van der Waals surface area contributed by atoms with E-state index in [1.54, 1.807) is 6.07 Å². The molecular weight excluding hydrogens is 305 g/mol. The minimum Gasteiger partial charge on any atom is -0.399 e. The number of anilines is 1. The Kier molecular flexibility index (Phi) is 4.92. The molecule has 2 N–H and O–H groups in total. The lowest BCUT2D eigenvalue weighted by molar-refractivity contribution is 0.103. The standard InChI is InChI=1S/C17H17Cl2NO/c1-10(2)7-11-3-5-12(6-4-11)17(21)14-8-13(20)9-15(18)16(14)19/h3-6,8-10H,7,20H2,1-2H3. The maximum atomic E-state index is 12.5. The second-order valence-electron chi connectivity index (χ2n) is 5.49. The molecule has 0 unspecified atom stereocenters. The summed E-state index contributed by atoms with van der Waals surface area (Å²) < 4.78 is 0. The molecule has 0 aliphatic carbocycles. The zero-order valence-corrected chi connectivity index (χ0v) is 13.5. The molecule has 21 heavy (non-hydrogen) atoms. The van der Waals surface area contributed by atoms with E-state index in [0.29, 0.717) is 22.7 Å². The number of nitrogen functional groups attached to an aromatic ring is 1.